The summed E-state index contributed by atoms with van der Waals surface area (Å²) in [5.41, 5.74) is 10.1. The van der Waals surface area contributed by atoms with Crippen LogP contribution in [0.4, 0.5) is 5.82 Å². The Kier molecular flexibility index (Phi) is 4.56. The van der Waals surface area contributed by atoms with Gasteiger partial charge in [-0.25, -0.2) is 9.50 Å². The standard InChI is InChI=1S/C21H22N6O2S/c1-11-5-12-7-17(30-19(12)16(6-11)29-2)14-8-13(9-24-15-3-4-23-21(15)28)27-18(14)20(22)25-10-26-27/h5-8,10,15,24H,3-4,9H2,1-2H3,(H,23,28)(H2,22,25,26). The molecular formula is C21H22N6O2S. The molecule has 8 nitrogen and oxygen atoms in total. The van der Waals surface area contributed by atoms with Crippen molar-refractivity contribution in [3.05, 3.63) is 41.9 Å². The van der Waals surface area contributed by atoms with Crippen LogP contribution in [0.2, 0.25) is 0 Å². The zero-order chi connectivity index (χ0) is 20.8. The second-order valence-electron chi connectivity index (χ2n) is 7.46. The minimum absolute atomic E-state index is 0.0391. The molecule has 4 heterocycles. The number of nitrogens with one attached hydrogen (secondary N) is 2. The van der Waals surface area contributed by atoms with Gasteiger partial charge in [-0.2, -0.15) is 5.10 Å². The smallest absolute Gasteiger partial charge is 0.237 e. The fraction of sp³-hybridized carbons (Fsp3) is 0.286. The molecule has 1 amide bonds. The molecule has 1 unspecified atom stereocenters. The first kappa shape index (κ1) is 18.8. The normalized spacial score (nSPS) is 16.5. The summed E-state index contributed by atoms with van der Waals surface area (Å²) in [6.07, 6.45) is 2.23. The van der Waals surface area contributed by atoms with Crippen molar-refractivity contribution >= 4 is 38.7 Å². The third-order valence-corrected chi connectivity index (χ3v) is 6.65. The van der Waals surface area contributed by atoms with Crippen LogP contribution in [-0.2, 0) is 11.3 Å². The summed E-state index contributed by atoms with van der Waals surface area (Å²) in [5.74, 6) is 1.32. The van der Waals surface area contributed by atoms with Crippen LogP contribution >= 0.6 is 11.3 Å². The maximum absolute atomic E-state index is 11.9. The number of thiophene rings is 1. The summed E-state index contributed by atoms with van der Waals surface area (Å²) >= 11 is 1.66. The molecule has 5 rings (SSSR count). The zero-order valence-electron chi connectivity index (χ0n) is 16.7. The van der Waals surface area contributed by atoms with Crippen molar-refractivity contribution in [2.45, 2.75) is 25.9 Å². The van der Waals surface area contributed by atoms with E-state index in [-0.39, 0.29) is 11.9 Å². The lowest BCUT2D eigenvalue weighted by atomic mass is 10.1. The number of carbonyl (C=O) groups is 1. The minimum Gasteiger partial charge on any atom is -0.495 e. The maximum atomic E-state index is 11.9. The molecule has 0 aliphatic carbocycles. The highest BCUT2D eigenvalue weighted by atomic mass is 32.1. The fourth-order valence-electron chi connectivity index (χ4n) is 4.01. The molecule has 4 aromatic rings. The number of aryl methyl sites for hydroxylation is 1. The molecule has 4 N–H and O–H groups in total. The number of methoxy groups -OCH3 is 1. The van der Waals surface area contributed by atoms with Gasteiger partial charge in [0.1, 0.15) is 17.6 Å². The van der Waals surface area contributed by atoms with Gasteiger partial charge in [-0.05, 0) is 42.5 Å². The minimum atomic E-state index is -0.185. The predicted molar refractivity (Wildman–Crippen MR) is 118 cm³/mol. The summed E-state index contributed by atoms with van der Waals surface area (Å²) in [4.78, 5) is 17.2. The van der Waals surface area contributed by atoms with Gasteiger partial charge in [0, 0.05) is 23.5 Å². The first-order chi connectivity index (χ1) is 14.5. The van der Waals surface area contributed by atoms with Gasteiger partial charge in [-0.15, -0.1) is 11.3 Å². The highest BCUT2D eigenvalue weighted by Gasteiger charge is 2.24. The van der Waals surface area contributed by atoms with Gasteiger partial charge in [0.15, 0.2) is 5.82 Å². The Bertz CT molecular complexity index is 1280. The number of aromatic nitrogens is 3. The van der Waals surface area contributed by atoms with Crippen LogP contribution in [-0.4, -0.2) is 40.2 Å². The molecule has 1 aromatic carbocycles. The van der Waals surface area contributed by atoms with E-state index >= 15 is 0 Å². The maximum Gasteiger partial charge on any atom is 0.237 e. The summed E-state index contributed by atoms with van der Waals surface area (Å²) in [5, 5.41) is 11.7. The number of amides is 1. The lowest BCUT2D eigenvalue weighted by Crippen LogP contribution is -2.36. The van der Waals surface area contributed by atoms with Crippen LogP contribution in [0.3, 0.4) is 0 Å². The Morgan fingerprint density at radius 2 is 2.23 bits per heavy atom. The molecule has 0 radical (unpaired) electrons. The quantitative estimate of drug-likeness (QED) is 0.456. The Balaban J connectivity index is 1.61. The van der Waals surface area contributed by atoms with E-state index in [9.17, 15) is 4.79 Å². The van der Waals surface area contributed by atoms with Crippen molar-refractivity contribution < 1.29 is 9.53 Å². The molecule has 30 heavy (non-hydrogen) atoms. The van der Waals surface area contributed by atoms with Crippen molar-refractivity contribution in [2.75, 3.05) is 19.4 Å². The second-order valence-corrected chi connectivity index (χ2v) is 8.52. The van der Waals surface area contributed by atoms with E-state index in [4.69, 9.17) is 10.5 Å². The number of anilines is 1. The Morgan fingerprint density at radius 1 is 1.37 bits per heavy atom. The van der Waals surface area contributed by atoms with Crippen molar-refractivity contribution in [1.29, 1.82) is 0 Å². The van der Waals surface area contributed by atoms with Crippen molar-refractivity contribution in [1.82, 2.24) is 25.2 Å². The van der Waals surface area contributed by atoms with Crippen LogP contribution in [0.1, 0.15) is 17.7 Å². The largest absolute Gasteiger partial charge is 0.495 e. The van der Waals surface area contributed by atoms with Gasteiger partial charge in [0.2, 0.25) is 5.91 Å². The van der Waals surface area contributed by atoms with E-state index in [0.717, 1.165) is 49.5 Å². The number of hydrogen-bond donors (Lipinski definition) is 3. The van der Waals surface area contributed by atoms with Crippen LogP contribution < -0.4 is 21.1 Å². The van der Waals surface area contributed by atoms with Crippen molar-refractivity contribution in [3.8, 4) is 16.2 Å². The third kappa shape index (κ3) is 3.06. The van der Waals surface area contributed by atoms with Gasteiger partial charge in [-0.1, -0.05) is 6.07 Å². The highest BCUT2D eigenvalue weighted by Crippen LogP contribution is 2.42. The first-order valence-electron chi connectivity index (χ1n) is 9.76. The lowest BCUT2D eigenvalue weighted by molar-refractivity contribution is -0.120. The molecule has 1 aliphatic heterocycles. The summed E-state index contributed by atoms with van der Waals surface area (Å²) in [6, 6.07) is 8.23. The van der Waals surface area contributed by atoms with Crippen molar-refractivity contribution in [2.24, 2.45) is 0 Å². The van der Waals surface area contributed by atoms with Crippen LogP contribution in [0, 0.1) is 6.92 Å². The van der Waals surface area contributed by atoms with E-state index in [1.165, 1.54) is 6.33 Å². The van der Waals surface area contributed by atoms with E-state index in [2.05, 4.69) is 45.8 Å². The number of benzene rings is 1. The molecule has 1 saturated heterocycles. The molecule has 1 atom stereocenters. The van der Waals surface area contributed by atoms with Crippen LogP contribution in [0.5, 0.6) is 5.75 Å². The van der Waals surface area contributed by atoms with E-state index in [1.807, 2.05) is 10.6 Å². The molecule has 154 valence electrons. The number of nitrogens with two attached hydrogens (primary N) is 1. The predicted octanol–water partition coefficient (Wildman–Crippen LogP) is 2.49. The number of nitrogen functional groups attached to an aromatic ring is 1. The van der Waals surface area contributed by atoms with E-state index in [1.54, 1.807) is 18.4 Å². The van der Waals surface area contributed by atoms with Crippen LogP contribution in [0.25, 0.3) is 26.0 Å². The number of rotatable bonds is 5. The van der Waals surface area contributed by atoms with E-state index < -0.39 is 0 Å². The van der Waals surface area contributed by atoms with Gasteiger partial charge in [0.05, 0.1) is 23.5 Å². The average Bonchev–Trinajstić information content (AvgIpc) is 3.42. The molecule has 0 saturated carbocycles. The SMILES string of the molecule is COc1cc(C)cc2cc(-c3cc(CNC4CCNC4=O)n4ncnc(N)c34)sc12. The van der Waals surface area contributed by atoms with Gasteiger partial charge < -0.3 is 21.1 Å². The summed E-state index contributed by atoms with van der Waals surface area (Å²) < 4.78 is 8.49. The van der Waals surface area contributed by atoms with Gasteiger partial charge >= 0.3 is 0 Å². The number of fused-ring (bicyclic) bond motifs is 2. The molecule has 3 aromatic heterocycles. The topological polar surface area (TPSA) is 107 Å². The fourth-order valence-corrected chi connectivity index (χ4v) is 5.16. The molecular weight excluding hydrogens is 400 g/mol. The van der Waals surface area contributed by atoms with Crippen molar-refractivity contribution in [3.63, 3.8) is 0 Å². The average molecular weight is 423 g/mol. The number of hydrogen-bond acceptors (Lipinski definition) is 7. The third-order valence-electron chi connectivity index (χ3n) is 5.45. The zero-order valence-corrected chi connectivity index (χ0v) is 17.5. The van der Waals surface area contributed by atoms with Crippen LogP contribution in [0.15, 0.2) is 30.6 Å². The lowest BCUT2D eigenvalue weighted by Gasteiger charge is -2.09. The molecule has 0 bridgehead atoms. The Morgan fingerprint density at radius 3 is 3.00 bits per heavy atom. The highest BCUT2D eigenvalue weighted by molar-refractivity contribution is 7.22. The van der Waals surface area contributed by atoms with Gasteiger partial charge in [0.25, 0.3) is 0 Å². The second kappa shape index (κ2) is 7.26. The molecule has 9 heteroatoms. The first-order valence-corrected chi connectivity index (χ1v) is 10.6. The molecule has 1 aliphatic rings. The number of ether oxygens (including phenoxy) is 1. The Labute approximate surface area is 177 Å². The Hall–Kier alpha value is -3.17. The number of carbonyl (C=O) groups excluding carboxylic acids is 1. The monoisotopic (exact) mass is 422 g/mol. The molecule has 0 spiro atoms. The number of nitrogens with zero attached hydrogens (tertiary/aromatic N) is 3. The summed E-state index contributed by atoms with van der Waals surface area (Å²) in [6.45, 7) is 3.26. The molecule has 1 fully saturated rings. The summed E-state index contributed by atoms with van der Waals surface area (Å²) in [7, 11) is 1.69. The van der Waals surface area contributed by atoms with E-state index in [0.29, 0.717) is 18.9 Å². The van der Waals surface area contributed by atoms with Gasteiger partial charge in [-0.3, -0.25) is 4.79 Å².